The zero-order valence-electron chi connectivity index (χ0n) is 19.4. The van der Waals surface area contributed by atoms with Crippen LogP contribution in [-0.2, 0) is 0 Å². The first-order valence-corrected chi connectivity index (χ1v) is 11.3. The number of carboxylic acid groups (broad SMARTS) is 2. The van der Waals surface area contributed by atoms with Gasteiger partial charge in [-0.3, -0.25) is 0 Å². The van der Waals surface area contributed by atoms with Crippen LogP contribution in [0.5, 0.6) is 0 Å². The van der Waals surface area contributed by atoms with Gasteiger partial charge in [0.25, 0.3) is 0 Å². The van der Waals surface area contributed by atoms with Gasteiger partial charge in [0.15, 0.2) is 0 Å². The molecule has 166 valence electrons. The van der Waals surface area contributed by atoms with E-state index in [4.69, 9.17) is 0 Å². The van der Waals surface area contributed by atoms with Crippen molar-refractivity contribution in [2.75, 3.05) is 26.2 Å². The topological polar surface area (TPSA) is 111 Å². The van der Waals surface area contributed by atoms with Crippen LogP contribution in [0.25, 0.3) is 0 Å². The Labute approximate surface area is 234 Å². The van der Waals surface area contributed by atoms with Gasteiger partial charge >= 0.3 is 59.1 Å². The largest absolute Gasteiger partial charge is 1.00 e. The molecule has 10 heteroatoms. The van der Waals surface area contributed by atoms with Crippen LogP contribution in [0.2, 0.25) is 0 Å². The molecule has 2 saturated heterocycles. The van der Waals surface area contributed by atoms with Crippen molar-refractivity contribution < 1.29 is 78.9 Å². The van der Waals surface area contributed by atoms with E-state index in [1.807, 2.05) is 12.2 Å². The maximum absolute atomic E-state index is 11.5. The molecule has 32 heavy (non-hydrogen) atoms. The summed E-state index contributed by atoms with van der Waals surface area (Å²) < 4.78 is 0. The van der Waals surface area contributed by atoms with Crippen LogP contribution < -0.4 is 80.0 Å². The van der Waals surface area contributed by atoms with E-state index in [-0.39, 0.29) is 94.9 Å². The number of nitrogens with one attached hydrogen (secondary N) is 2. The Bertz CT molecular complexity index is 637. The molecule has 4 aliphatic heterocycles. The van der Waals surface area contributed by atoms with Gasteiger partial charge in [0.05, 0.1) is 0 Å². The van der Waals surface area contributed by atoms with Gasteiger partial charge in [-0.25, -0.2) is 0 Å². The summed E-state index contributed by atoms with van der Waals surface area (Å²) in [6, 6.07) is 0.506. The summed E-state index contributed by atoms with van der Waals surface area (Å²) in [5.74, 6) is 0.544. The van der Waals surface area contributed by atoms with Crippen molar-refractivity contribution in [2.24, 2.45) is 23.7 Å². The predicted octanol–water partition coefficient (Wildman–Crippen LogP) is -5.91. The van der Waals surface area contributed by atoms with E-state index in [0.717, 1.165) is 51.6 Å². The second-order valence-electron chi connectivity index (χ2n) is 9.11. The molecule has 0 aliphatic carbocycles. The van der Waals surface area contributed by atoms with Crippen LogP contribution >= 0.6 is 0 Å². The first-order chi connectivity index (χ1) is 14.5. The van der Waals surface area contributed by atoms with E-state index in [0.29, 0.717) is 13.1 Å². The summed E-state index contributed by atoms with van der Waals surface area (Å²) in [5, 5.41) is 30.3. The Kier molecular flexibility index (Phi) is 11.6. The third-order valence-corrected chi connectivity index (χ3v) is 7.42. The zero-order chi connectivity index (χ0) is 21.1. The van der Waals surface area contributed by atoms with E-state index in [9.17, 15) is 19.8 Å². The van der Waals surface area contributed by atoms with Crippen molar-refractivity contribution >= 4 is 12.2 Å². The van der Waals surface area contributed by atoms with Crippen molar-refractivity contribution in [1.82, 2.24) is 20.4 Å². The van der Waals surface area contributed by atoms with Crippen molar-refractivity contribution in [1.29, 1.82) is 0 Å². The number of nitrogens with zero attached hydrogens (tertiary/aromatic N) is 2. The summed E-state index contributed by atoms with van der Waals surface area (Å²) in [5.41, 5.74) is 0. The van der Waals surface area contributed by atoms with E-state index in [2.05, 4.69) is 10.6 Å². The molecule has 0 saturated carbocycles. The van der Waals surface area contributed by atoms with Crippen LogP contribution in [0.4, 0.5) is 9.59 Å². The van der Waals surface area contributed by atoms with Gasteiger partial charge in [-0.2, -0.15) is 0 Å². The molecular weight excluding hydrogens is 430 g/mol. The molecule has 0 aromatic rings. The molecule has 0 aromatic heterocycles. The second-order valence-corrected chi connectivity index (χ2v) is 9.11. The van der Waals surface area contributed by atoms with E-state index >= 15 is 0 Å². The van der Waals surface area contributed by atoms with Gasteiger partial charge in [-0.1, -0.05) is 25.0 Å². The van der Waals surface area contributed by atoms with Crippen molar-refractivity contribution in [3.63, 3.8) is 0 Å². The number of piperidine rings is 2. The summed E-state index contributed by atoms with van der Waals surface area (Å²) in [7, 11) is 0. The Hall–Kier alpha value is -0.0600. The molecule has 0 bridgehead atoms. The molecule has 4 rings (SSSR count). The summed E-state index contributed by atoms with van der Waals surface area (Å²) >= 11 is 0. The zero-order valence-corrected chi connectivity index (χ0v) is 23.4. The van der Waals surface area contributed by atoms with Gasteiger partial charge in [0.2, 0.25) is 0 Å². The molecule has 6 unspecified atom stereocenters. The van der Waals surface area contributed by atoms with Gasteiger partial charge in [-0.05, 0) is 62.4 Å². The van der Waals surface area contributed by atoms with Crippen LogP contribution in [0, 0.1) is 23.7 Å². The van der Waals surface area contributed by atoms with Gasteiger partial charge in [0.1, 0.15) is 12.2 Å². The van der Waals surface area contributed by atoms with Gasteiger partial charge in [-0.15, -0.1) is 0 Å². The fourth-order valence-electron chi connectivity index (χ4n) is 5.89. The fraction of sp³-hybridized carbons (Fsp3) is 0.727. The minimum absolute atomic E-state index is 0. The maximum Gasteiger partial charge on any atom is 1.00 e. The Morgan fingerprint density at radius 3 is 1.44 bits per heavy atom. The Balaban J connectivity index is 0.00000181. The monoisotopic (exact) mass is 462 g/mol. The van der Waals surface area contributed by atoms with Crippen LogP contribution in [0.3, 0.4) is 0 Å². The molecule has 4 heterocycles. The number of allylic oxidation sites excluding steroid dienone is 2. The molecule has 0 radical (unpaired) electrons. The molecule has 4 aliphatic rings. The minimum atomic E-state index is -1.17. The number of carbonyl (C=O) groups is 2. The van der Waals surface area contributed by atoms with E-state index in [1.165, 1.54) is 9.80 Å². The van der Waals surface area contributed by atoms with Crippen LogP contribution in [0.15, 0.2) is 24.6 Å². The summed E-state index contributed by atoms with van der Waals surface area (Å²) in [4.78, 5) is 25.6. The molecule has 2 fully saturated rings. The molecular formula is C22H32N4Na2O4. The SMILES string of the molecule is O=C([O-])N1C=CC(C2C=CN(C(=O)[O-])CC2C2CCCCN2)C(C2CCCCN2)C1.[Na+].[Na+]. The predicted molar refractivity (Wildman–Crippen MR) is 108 cm³/mol. The quantitative estimate of drug-likeness (QED) is 0.404. The fourth-order valence-corrected chi connectivity index (χ4v) is 5.89. The van der Waals surface area contributed by atoms with Crippen molar-refractivity contribution in [2.45, 2.75) is 50.6 Å². The molecule has 2 N–H and O–H groups in total. The van der Waals surface area contributed by atoms with E-state index in [1.54, 1.807) is 12.4 Å². The van der Waals surface area contributed by atoms with Crippen LogP contribution in [0.1, 0.15) is 38.5 Å². The third-order valence-electron chi connectivity index (χ3n) is 7.42. The number of hydrogen-bond acceptors (Lipinski definition) is 6. The molecule has 2 amide bonds. The standard InChI is InChI=1S/C22H34N4O4.2Na/c27-21(28)25-11-7-15(17(13-25)19-5-1-3-9-23-19)16-8-12-26(22(29)30)14-18(16)20-6-2-4-10-24-20;;/h7-8,11-12,15-20,23-24H,1-6,9-10,13-14H2,(H,27,28)(H,29,30);;/q;2*+1/p-2. The average molecular weight is 463 g/mol. The maximum atomic E-state index is 11.5. The number of amides is 2. The molecule has 6 atom stereocenters. The van der Waals surface area contributed by atoms with Crippen molar-refractivity contribution in [3.05, 3.63) is 24.6 Å². The molecule has 0 spiro atoms. The number of carbonyl (C=O) groups excluding carboxylic acids is 2. The normalized spacial score (nSPS) is 34.9. The third kappa shape index (κ3) is 6.54. The number of rotatable bonds is 3. The Morgan fingerprint density at radius 2 is 1.12 bits per heavy atom. The van der Waals surface area contributed by atoms with E-state index < -0.39 is 12.2 Å². The van der Waals surface area contributed by atoms with Gasteiger partial charge < -0.3 is 40.2 Å². The van der Waals surface area contributed by atoms with Gasteiger partial charge in [0, 0.05) is 37.6 Å². The smallest absolute Gasteiger partial charge is 0.530 e. The summed E-state index contributed by atoms with van der Waals surface area (Å²) in [6.07, 6.45) is 11.6. The molecule has 0 aromatic carbocycles. The minimum Gasteiger partial charge on any atom is -0.530 e. The first-order valence-electron chi connectivity index (χ1n) is 11.3. The van der Waals surface area contributed by atoms with Crippen molar-refractivity contribution in [3.8, 4) is 0 Å². The number of hydrogen-bond donors (Lipinski definition) is 2. The Morgan fingerprint density at radius 1 is 0.719 bits per heavy atom. The van der Waals surface area contributed by atoms with Crippen LogP contribution in [-0.4, -0.2) is 60.2 Å². The first kappa shape index (κ1) is 28.2. The average Bonchev–Trinajstić information content (AvgIpc) is 2.79. The summed E-state index contributed by atoms with van der Waals surface area (Å²) in [6.45, 7) is 2.74. The molecule has 8 nitrogen and oxygen atoms in total. The second kappa shape index (κ2) is 13.1.